The number of rotatable bonds is 2. The van der Waals surface area contributed by atoms with Crippen LogP contribution in [0.25, 0.3) is 11.0 Å². The predicted octanol–water partition coefficient (Wildman–Crippen LogP) is 2.60. The maximum atomic E-state index is 12.4. The van der Waals surface area contributed by atoms with Crippen molar-refractivity contribution in [1.29, 1.82) is 0 Å². The molecule has 2 aliphatic heterocycles. The first kappa shape index (κ1) is 16.1. The Morgan fingerprint density at radius 1 is 1.24 bits per heavy atom. The van der Waals surface area contributed by atoms with E-state index in [9.17, 15) is 9.59 Å². The van der Waals surface area contributed by atoms with Crippen LogP contribution in [0.4, 0.5) is 0 Å². The minimum absolute atomic E-state index is 0.133. The summed E-state index contributed by atoms with van der Waals surface area (Å²) in [7, 11) is 0. The largest absolute Gasteiger partial charge is 0.484 e. The van der Waals surface area contributed by atoms with Crippen LogP contribution >= 0.6 is 0 Å². The lowest BCUT2D eigenvalue weighted by atomic mass is 9.90. The summed E-state index contributed by atoms with van der Waals surface area (Å²) < 4.78 is 22.4. The van der Waals surface area contributed by atoms with Crippen LogP contribution in [0.5, 0.6) is 5.75 Å². The quantitative estimate of drug-likeness (QED) is 0.473. The topological polar surface area (TPSA) is 78.3 Å². The molecule has 1 fully saturated rings. The third-order valence-corrected chi connectivity index (χ3v) is 5.15. The summed E-state index contributed by atoms with van der Waals surface area (Å²) in [6.45, 7) is 7.33. The SMILES string of the molecule is CC1OC1(C)C(=O)OC1Cc2cc3ccc(=O)oc3cc2OC1(C)C. The van der Waals surface area contributed by atoms with E-state index in [1.54, 1.807) is 19.1 Å². The van der Waals surface area contributed by atoms with Crippen molar-refractivity contribution in [3.05, 3.63) is 40.2 Å². The van der Waals surface area contributed by atoms with Crippen LogP contribution in [0.15, 0.2) is 33.5 Å². The van der Waals surface area contributed by atoms with Gasteiger partial charge in [0.15, 0.2) is 5.60 Å². The first-order valence-corrected chi connectivity index (χ1v) is 8.34. The van der Waals surface area contributed by atoms with Gasteiger partial charge in [0, 0.05) is 23.9 Å². The molecule has 4 rings (SSSR count). The molecule has 6 nitrogen and oxygen atoms in total. The molecule has 25 heavy (non-hydrogen) atoms. The van der Waals surface area contributed by atoms with Gasteiger partial charge < -0.3 is 18.6 Å². The zero-order valence-corrected chi connectivity index (χ0v) is 14.6. The molecular weight excluding hydrogens is 324 g/mol. The highest BCUT2D eigenvalue weighted by atomic mass is 16.7. The average Bonchev–Trinajstić information content (AvgIpc) is 3.14. The van der Waals surface area contributed by atoms with Gasteiger partial charge in [0.05, 0.1) is 6.10 Å². The first-order chi connectivity index (χ1) is 11.7. The van der Waals surface area contributed by atoms with Crippen molar-refractivity contribution in [3.8, 4) is 5.75 Å². The Morgan fingerprint density at radius 3 is 2.64 bits per heavy atom. The minimum Gasteiger partial charge on any atom is -0.484 e. The Balaban J connectivity index is 1.66. The Labute approximate surface area is 144 Å². The second-order valence-electron chi connectivity index (χ2n) is 7.42. The van der Waals surface area contributed by atoms with Gasteiger partial charge in [0.25, 0.3) is 0 Å². The number of ether oxygens (including phenoxy) is 3. The standard InChI is InChI=1S/C19H20O6/c1-10-19(4,24-10)17(21)23-15-8-12-7-11-5-6-16(20)22-13(11)9-14(12)25-18(15,2)3/h5-7,9-10,15H,8H2,1-4H3. The normalized spacial score (nSPS) is 29.6. The smallest absolute Gasteiger partial charge is 0.341 e. The Morgan fingerprint density at radius 2 is 1.96 bits per heavy atom. The van der Waals surface area contributed by atoms with Crippen molar-refractivity contribution in [2.75, 3.05) is 0 Å². The van der Waals surface area contributed by atoms with E-state index in [2.05, 4.69) is 0 Å². The van der Waals surface area contributed by atoms with Crippen LogP contribution in [-0.2, 0) is 20.7 Å². The fourth-order valence-electron chi connectivity index (χ4n) is 3.17. The van der Waals surface area contributed by atoms with Crippen LogP contribution in [-0.4, -0.2) is 29.4 Å². The fraction of sp³-hybridized carbons (Fsp3) is 0.474. The number of esters is 1. The maximum Gasteiger partial charge on any atom is 0.341 e. The van der Waals surface area contributed by atoms with Crippen LogP contribution in [0, 0.1) is 0 Å². The Bertz CT molecular complexity index is 927. The molecule has 6 heteroatoms. The molecule has 0 bridgehead atoms. The highest BCUT2D eigenvalue weighted by molar-refractivity contribution is 5.83. The van der Waals surface area contributed by atoms with Crippen LogP contribution in [0.1, 0.15) is 33.3 Å². The number of benzene rings is 1. The zero-order chi connectivity index (χ0) is 18.0. The average molecular weight is 344 g/mol. The van der Waals surface area contributed by atoms with Gasteiger partial charge in [-0.05, 0) is 45.4 Å². The minimum atomic E-state index is -0.858. The van der Waals surface area contributed by atoms with E-state index in [1.165, 1.54) is 6.07 Å². The molecule has 1 saturated heterocycles. The van der Waals surface area contributed by atoms with Crippen molar-refractivity contribution in [3.63, 3.8) is 0 Å². The number of hydrogen-bond acceptors (Lipinski definition) is 6. The number of fused-ring (bicyclic) bond motifs is 2. The molecule has 0 amide bonds. The molecule has 0 aliphatic carbocycles. The molecule has 3 heterocycles. The number of epoxide rings is 1. The summed E-state index contributed by atoms with van der Waals surface area (Å²) in [5, 5.41) is 0.804. The second kappa shape index (κ2) is 5.08. The lowest BCUT2D eigenvalue weighted by molar-refractivity contribution is -0.166. The van der Waals surface area contributed by atoms with Gasteiger partial charge in [-0.1, -0.05) is 0 Å². The third-order valence-electron chi connectivity index (χ3n) is 5.15. The lowest BCUT2D eigenvalue weighted by Crippen LogP contribution is -2.50. The van der Waals surface area contributed by atoms with Crippen molar-refractivity contribution in [2.24, 2.45) is 0 Å². The highest BCUT2D eigenvalue weighted by Gasteiger charge is 2.58. The van der Waals surface area contributed by atoms with E-state index in [4.69, 9.17) is 18.6 Å². The second-order valence-corrected chi connectivity index (χ2v) is 7.42. The molecule has 0 saturated carbocycles. The first-order valence-electron chi connectivity index (χ1n) is 8.34. The summed E-state index contributed by atoms with van der Waals surface area (Å²) in [5.74, 6) is 0.276. The molecule has 3 unspecified atom stereocenters. The molecule has 0 spiro atoms. The van der Waals surface area contributed by atoms with Gasteiger partial charge in [-0.15, -0.1) is 0 Å². The van der Waals surface area contributed by atoms with Gasteiger partial charge in [-0.25, -0.2) is 9.59 Å². The Kier molecular flexibility index (Phi) is 3.28. The van der Waals surface area contributed by atoms with E-state index < -0.39 is 22.9 Å². The molecular formula is C19H20O6. The summed E-state index contributed by atoms with van der Waals surface area (Å²) in [4.78, 5) is 23.8. The van der Waals surface area contributed by atoms with Gasteiger partial charge in [-0.2, -0.15) is 0 Å². The third kappa shape index (κ3) is 2.61. The van der Waals surface area contributed by atoms with E-state index in [1.807, 2.05) is 26.8 Å². The van der Waals surface area contributed by atoms with E-state index >= 15 is 0 Å². The summed E-state index contributed by atoms with van der Waals surface area (Å²) in [6, 6.07) is 6.72. The van der Waals surface area contributed by atoms with Crippen molar-refractivity contribution in [1.82, 2.24) is 0 Å². The maximum absolute atomic E-state index is 12.4. The molecule has 0 radical (unpaired) electrons. The zero-order valence-electron chi connectivity index (χ0n) is 14.6. The fourth-order valence-corrected chi connectivity index (χ4v) is 3.17. The van der Waals surface area contributed by atoms with Crippen molar-refractivity contribution in [2.45, 2.75) is 57.5 Å². The Hall–Kier alpha value is -2.34. The molecule has 1 aromatic carbocycles. The molecule has 2 aliphatic rings. The predicted molar refractivity (Wildman–Crippen MR) is 89.7 cm³/mol. The van der Waals surface area contributed by atoms with E-state index in [0.717, 1.165) is 10.9 Å². The lowest BCUT2D eigenvalue weighted by Gasteiger charge is -2.39. The summed E-state index contributed by atoms with van der Waals surface area (Å²) in [5.41, 5.74) is -0.581. The number of carbonyl (C=O) groups is 1. The molecule has 132 valence electrons. The molecule has 2 aromatic rings. The molecule has 1 aromatic heterocycles. The summed E-state index contributed by atoms with van der Waals surface area (Å²) in [6.07, 6.45) is -0.0474. The van der Waals surface area contributed by atoms with Crippen molar-refractivity contribution >= 4 is 16.9 Å². The van der Waals surface area contributed by atoms with Gasteiger partial charge in [0.1, 0.15) is 23.0 Å². The van der Waals surface area contributed by atoms with E-state index in [-0.39, 0.29) is 12.1 Å². The number of carbonyl (C=O) groups excluding carboxylic acids is 1. The van der Waals surface area contributed by atoms with Gasteiger partial charge in [0.2, 0.25) is 0 Å². The van der Waals surface area contributed by atoms with Crippen LogP contribution in [0.3, 0.4) is 0 Å². The van der Waals surface area contributed by atoms with E-state index in [0.29, 0.717) is 17.8 Å². The molecule has 0 N–H and O–H groups in total. The van der Waals surface area contributed by atoms with Gasteiger partial charge >= 0.3 is 11.6 Å². The highest BCUT2D eigenvalue weighted by Crippen LogP contribution is 2.41. The number of hydrogen-bond donors (Lipinski definition) is 0. The molecule has 3 atom stereocenters. The van der Waals surface area contributed by atoms with Crippen LogP contribution < -0.4 is 10.4 Å². The van der Waals surface area contributed by atoms with Gasteiger partial charge in [-0.3, -0.25) is 0 Å². The summed E-state index contributed by atoms with van der Waals surface area (Å²) >= 11 is 0. The van der Waals surface area contributed by atoms with Crippen LogP contribution in [0.2, 0.25) is 0 Å². The monoisotopic (exact) mass is 344 g/mol. The van der Waals surface area contributed by atoms with Crippen molar-refractivity contribution < 1.29 is 23.4 Å².